The van der Waals surface area contributed by atoms with Crippen molar-refractivity contribution in [3.63, 3.8) is 0 Å². The van der Waals surface area contributed by atoms with Gasteiger partial charge in [0.15, 0.2) is 9.84 Å². The molecule has 0 aromatic heterocycles. The van der Waals surface area contributed by atoms with Crippen molar-refractivity contribution in [2.24, 2.45) is 0 Å². The molecule has 1 aromatic rings. The predicted octanol–water partition coefficient (Wildman–Crippen LogP) is 1.74. The molecule has 1 aliphatic carbocycles. The fourth-order valence-corrected chi connectivity index (χ4v) is 2.89. The van der Waals surface area contributed by atoms with Crippen molar-refractivity contribution in [3.05, 3.63) is 23.8 Å². The van der Waals surface area contributed by atoms with Crippen LogP contribution in [-0.2, 0) is 15.3 Å². The summed E-state index contributed by atoms with van der Waals surface area (Å²) < 4.78 is 23.0. The maximum atomic E-state index is 11.5. The van der Waals surface area contributed by atoms with Crippen molar-refractivity contribution in [3.8, 4) is 11.8 Å². The highest BCUT2D eigenvalue weighted by Crippen LogP contribution is 2.44. The van der Waals surface area contributed by atoms with Crippen LogP contribution in [0.4, 0.5) is 0 Å². The summed E-state index contributed by atoms with van der Waals surface area (Å²) in [5, 5.41) is 18.7. The Morgan fingerprint density at radius 1 is 1.41 bits per heavy atom. The molecule has 0 atom stereocenters. The summed E-state index contributed by atoms with van der Waals surface area (Å²) in [6.07, 6.45) is 3.52. The number of phenols is 1. The smallest absolute Gasteiger partial charge is 0.179 e. The Bertz CT molecular complexity index is 595. The lowest BCUT2D eigenvalue weighted by Crippen LogP contribution is -2.32. The molecule has 1 N–H and O–H groups in total. The van der Waals surface area contributed by atoms with Gasteiger partial charge in [-0.25, -0.2) is 8.42 Å². The third-order valence-corrected chi connectivity index (χ3v) is 4.46. The highest BCUT2D eigenvalue weighted by molar-refractivity contribution is 7.90. The lowest BCUT2D eigenvalue weighted by Gasteiger charge is -2.35. The molecule has 0 heterocycles. The van der Waals surface area contributed by atoms with E-state index in [-0.39, 0.29) is 10.6 Å². The molecule has 2 rings (SSSR count). The minimum absolute atomic E-state index is 0.100. The average Bonchev–Trinajstić information content (AvgIpc) is 2.17. The molecule has 0 saturated heterocycles. The van der Waals surface area contributed by atoms with Crippen LogP contribution in [0.3, 0.4) is 0 Å². The van der Waals surface area contributed by atoms with E-state index in [0.29, 0.717) is 5.56 Å². The van der Waals surface area contributed by atoms with Gasteiger partial charge >= 0.3 is 0 Å². The van der Waals surface area contributed by atoms with E-state index in [1.54, 1.807) is 6.07 Å². The number of hydrogen-bond acceptors (Lipinski definition) is 4. The van der Waals surface area contributed by atoms with E-state index >= 15 is 0 Å². The Morgan fingerprint density at radius 2 is 2.06 bits per heavy atom. The fraction of sp³-hybridized carbons (Fsp3) is 0.417. The number of benzene rings is 1. The second-order valence-electron chi connectivity index (χ2n) is 4.50. The zero-order valence-electron chi connectivity index (χ0n) is 9.47. The quantitative estimate of drug-likeness (QED) is 0.868. The van der Waals surface area contributed by atoms with Crippen LogP contribution < -0.4 is 0 Å². The van der Waals surface area contributed by atoms with Gasteiger partial charge in [-0.15, -0.1) is 0 Å². The summed E-state index contributed by atoms with van der Waals surface area (Å²) in [4.78, 5) is -0.100. The predicted molar refractivity (Wildman–Crippen MR) is 62.4 cm³/mol. The Kier molecular flexibility index (Phi) is 2.63. The van der Waals surface area contributed by atoms with Crippen molar-refractivity contribution < 1.29 is 13.5 Å². The number of rotatable bonds is 2. The van der Waals surface area contributed by atoms with E-state index in [9.17, 15) is 18.8 Å². The van der Waals surface area contributed by atoms with Crippen LogP contribution in [-0.4, -0.2) is 19.8 Å². The van der Waals surface area contributed by atoms with E-state index in [1.807, 2.05) is 0 Å². The van der Waals surface area contributed by atoms with Gasteiger partial charge in [0.25, 0.3) is 0 Å². The van der Waals surface area contributed by atoms with E-state index in [0.717, 1.165) is 25.5 Å². The molecule has 1 aliphatic rings. The van der Waals surface area contributed by atoms with Crippen LogP contribution in [0.1, 0.15) is 24.8 Å². The van der Waals surface area contributed by atoms with Gasteiger partial charge in [-0.1, -0.05) is 6.07 Å². The van der Waals surface area contributed by atoms with Gasteiger partial charge in [0.05, 0.1) is 11.5 Å². The zero-order valence-corrected chi connectivity index (χ0v) is 10.3. The van der Waals surface area contributed by atoms with Crippen molar-refractivity contribution in [2.75, 3.05) is 6.26 Å². The van der Waals surface area contributed by atoms with Gasteiger partial charge in [-0.2, -0.15) is 5.26 Å². The largest absolute Gasteiger partial charge is 0.507 e. The lowest BCUT2D eigenvalue weighted by atomic mass is 9.65. The minimum atomic E-state index is -3.47. The van der Waals surface area contributed by atoms with Crippen LogP contribution in [0.15, 0.2) is 23.1 Å². The maximum absolute atomic E-state index is 11.5. The highest BCUT2D eigenvalue weighted by atomic mass is 32.2. The number of phenolic OH excluding ortho intramolecular Hbond substituents is 1. The number of aromatic hydroxyl groups is 1. The van der Waals surface area contributed by atoms with Gasteiger partial charge < -0.3 is 5.11 Å². The number of nitrogens with zero attached hydrogens (tertiary/aromatic N) is 1. The molecule has 5 heteroatoms. The summed E-state index contributed by atoms with van der Waals surface area (Å²) in [5.41, 5.74) is 0.122. The van der Waals surface area contributed by atoms with Crippen LogP contribution in [0.5, 0.6) is 5.75 Å². The van der Waals surface area contributed by atoms with Crippen molar-refractivity contribution in [1.82, 2.24) is 0 Å². The summed E-state index contributed by atoms with van der Waals surface area (Å²) in [7, 11) is -3.47. The molecule has 1 fully saturated rings. The summed E-state index contributed by atoms with van der Waals surface area (Å²) in [6, 6.07) is 6.66. The SMILES string of the molecule is CS(=O)(=O)c1cc(C2(C#N)CCC2)ccc1O. The fourth-order valence-electron chi connectivity index (χ4n) is 2.10. The molecule has 17 heavy (non-hydrogen) atoms. The molecular weight excluding hydrogens is 238 g/mol. The van der Waals surface area contributed by atoms with Crippen molar-refractivity contribution in [2.45, 2.75) is 29.6 Å². The minimum Gasteiger partial charge on any atom is -0.507 e. The first-order valence-corrected chi connectivity index (χ1v) is 7.23. The molecule has 0 spiro atoms. The van der Waals surface area contributed by atoms with Crippen molar-refractivity contribution >= 4 is 9.84 Å². The second kappa shape index (κ2) is 3.74. The summed E-state index contributed by atoms with van der Waals surface area (Å²) >= 11 is 0. The molecule has 0 unspecified atom stereocenters. The van der Waals surface area contributed by atoms with Gasteiger partial charge in [-0.3, -0.25) is 0 Å². The monoisotopic (exact) mass is 251 g/mol. The normalized spacial score (nSPS) is 18.1. The number of sulfone groups is 1. The van der Waals surface area contributed by atoms with Crippen LogP contribution in [0.25, 0.3) is 0 Å². The molecule has 0 aliphatic heterocycles. The third-order valence-electron chi connectivity index (χ3n) is 3.33. The average molecular weight is 251 g/mol. The molecule has 0 amide bonds. The summed E-state index contributed by atoms with van der Waals surface area (Å²) in [6.45, 7) is 0. The van der Waals surface area contributed by atoms with E-state index < -0.39 is 15.3 Å². The molecular formula is C12H13NO3S. The first-order chi connectivity index (χ1) is 7.89. The zero-order chi connectivity index (χ0) is 12.7. The molecule has 4 nitrogen and oxygen atoms in total. The van der Waals surface area contributed by atoms with Gasteiger partial charge in [0.2, 0.25) is 0 Å². The Labute approximate surface area is 100 Å². The number of hydrogen-bond donors (Lipinski definition) is 1. The van der Waals surface area contributed by atoms with E-state index in [1.165, 1.54) is 12.1 Å². The number of nitriles is 1. The highest BCUT2D eigenvalue weighted by Gasteiger charge is 2.39. The molecule has 90 valence electrons. The Morgan fingerprint density at radius 3 is 2.47 bits per heavy atom. The van der Waals surface area contributed by atoms with Gasteiger partial charge in [-0.05, 0) is 37.0 Å². The van der Waals surface area contributed by atoms with Gasteiger partial charge in [0.1, 0.15) is 10.6 Å². The Hall–Kier alpha value is -1.54. The first-order valence-electron chi connectivity index (χ1n) is 5.34. The standard InChI is InChI=1S/C12H13NO3S/c1-17(15,16)11-7-9(3-4-10(11)14)12(8-13)5-2-6-12/h3-4,7,14H,2,5-6H2,1H3. The van der Waals surface area contributed by atoms with Crippen LogP contribution >= 0.6 is 0 Å². The van der Waals surface area contributed by atoms with Gasteiger partial charge in [0, 0.05) is 6.26 Å². The third kappa shape index (κ3) is 1.89. The molecule has 1 saturated carbocycles. The molecule has 1 aromatic carbocycles. The first kappa shape index (κ1) is 11.9. The van der Waals surface area contributed by atoms with E-state index in [2.05, 4.69) is 6.07 Å². The molecule has 0 radical (unpaired) electrons. The van der Waals surface area contributed by atoms with Crippen molar-refractivity contribution in [1.29, 1.82) is 5.26 Å². The lowest BCUT2D eigenvalue weighted by molar-refractivity contribution is 0.323. The van der Waals surface area contributed by atoms with E-state index in [4.69, 9.17) is 0 Å². The maximum Gasteiger partial charge on any atom is 0.179 e. The topological polar surface area (TPSA) is 78.2 Å². The van der Waals surface area contributed by atoms with Crippen LogP contribution in [0.2, 0.25) is 0 Å². The second-order valence-corrected chi connectivity index (χ2v) is 6.49. The summed E-state index contributed by atoms with van der Waals surface area (Å²) in [5.74, 6) is -0.260. The van der Waals surface area contributed by atoms with Crippen LogP contribution in [0, 0.1) is 11.3 Å². The Balaban J connectivity index is 2.57. The molecule has 0 bridgehead atoms.